The van der Waals surface area contributed by atoms with E-state index in [0.29, 0.717) is 17.7 Å². The van der Waals surface area contributed by atoms with Crippen LogP contribution in [-0.2, 0) is 14.8 Å². The van der Waals surface area contributed by atoms with Gasteiger partial charge in [-0.2, -0.15) is 5.26 Å². The first-order valence-electron chi connectivity index (χ1n) is 6.13. The summed E-state index contributed by atoms with van der Waals surface area (Å²) in [5, 5.41) is 17.7. The quantitative estimate of drug-likeness (QED) is 0.860. The average Bonchev–Trinajstić information content (AvgIpc) is 2.96. The lowest BCUT2D eigenvalue weighted by Crippen LogP contribution is -2.47. The molecule has 1 aromatic heterocycles. The molecule has 0 radical (unpaired) electrons. The average molecular weight is 314 g/mol. The number of thiophene rings is 1. The number of nitrogens with zero attached hydrogens (tertiary/aromatic N) is 1. The maximum absolute atomic E-state index is 12.3. The van der Waals surface area contributed by atoms with Gasteiger partial charge in [0.15, 0.2) is 0 Å². The molecule has 2 N–H and O–H groups in total. The van der Waals surface area contributed by atoms with E-state index in [0.717, 1.165) is 24.2 Å². The highest BCUT2D eigenvalue weighted by atomic mass is 32.2. The highest BCUT2D eigenvalue weighted by Crippen LogP contribution is 2.35. The van der Waals surface area contributed by atoms with Gasteiger partial charge in [-0.05, 0) is 25.0 Å². The van der Waals surface area contributed by atoms with Crippen LogP contribution in [0.25, 0.3) is 0 Å². The van der Waals surface area contributed by atoms with Crippen molar-refractivity contribution in [2.24, 2.45) is 0 Å². The van der Waals surface area contributed by atoms with Crippen LogP contribution in [-0.4, -0.2) is 25.0 Å². The fraction of sp³-hybridized carbons (Fsp3) is 0.500. The first-order valence-corrected chi connectivity index (χ1v) is 8.43. The van der Waals surface area contributed by atoms with E-state index in [2.05, 4.69) is 4.72 Å². The van der Waals surface area contributed by atoms with Gasteiger partial charge in [0.05, 0.1) is 6.42 Å². The molecular weight excluding hydrogens is 300 g/mol. The molecule has 20 heavy (non-hydrogen) atoms. The molecule has 0 atom stereocenters. The predicted octanol–water partition coefficient (Wildman–Crippen LogP) is 1.69. The lowest BCUT2D eigenvalue weighted by molar-refractivity contribution is -0.138. The third-order valence-electron chi connectivity index (χ3n) is 3.36. The number of nitrogens with one attached hydrogen (secondary N) is 1. The highest BCUT2D eigenvalue weighted by molar-refractivity contribution is 7.91. The van der Waals surface area contributed by atoms with E-state index in [-0.39, 0.29) is 10.6 Å². The maximum Gasteiger partial charge on any atom is 0.305 e. The van der Waals surface area contributed by atoms with Crippen molar-refractivity contribution in [3.05, 3.63) is 17.0 Å². The first kappa shape index (κ1) is 15.0. The number of sulfonamides is 1. The predicted molar refractivity (Wildman–Crippen MR) is 72.8 cm³/mol. The Kier molecular flexibility index (Phi) is 4.13. The Balaban J connectivity index is 2.25. The standard InChI is InChI=1S/C12H14N2O4S2/c13-8-9-3-4-11(19-9)20(17,18)14-12(7-10(15)16)5-1-2-6-12/h3-4,14H,1-2,5-7H2,(H,15,16). The van der Waals surface area contributed by atoms with E-state index in [4.69, 9.17) is 10.4 Å². The highest BCUT2D eigenvalue weighted by Gasteiger charge is 2.40. The molecule has 0 aromatic carbocycles. The van der Waals surface area contributed by atoms with Crippen molar-refractivity contribution >= 4 is 27.3 Å². The summed E-state index contributed by atoms with van der Waals surface area (Å²) in [5.41, 5.74) is -0.901. The van der Waals surface area contributed by atoms with Crippen molar-refractivity contribution in [2.75, 3.05) is 0 Å². The third-order valence-corrected chi connectivity index (χ3v) is 6.42. The fourth-order valence-corrected chi connectivity index (χ4v) is 5.08. The minimum atomic E-state index is -3.78. The molecule has 0 aliphatic heterocycles. The molecule has 2 rings (SSSR count). The summed E-state index contributed by atoms with van der Waals surface area (Å²) in [5.74, 6) is -1.02. The summed E-state index contributed by atoms with van der Waals surface area (Å²) in [6.07, 6.45) is 2.44. The zero-order valence-corrected chi connectivity index (χ0v) is 12.3. The van der Waals surface area contributed by atoms with Crippen LogP contribution in [0.4, 0.5) is 0 Å². The van der Waals surface area contributed by atoms with Gasteiger partial charge in [-0.3, -0.25) is 4.79 Å². The number of aliphatic carboxylic acids is 1. The van der Waals surface area contributed by atoms with Crippen molar-refractivity contribution in [1.82, 2.24) is 4.72 Å². The zero-order chi connectivity index (χ0) is 14.8. The van der Waals surface area contributed by atoms with E-state index < -0.39 is 21.5 Å². The first-order chi connectivity index (χ1) is 9.37. The molecule has 1 aromatic rings. The molecule has 1 heterocycles. The number of nitriles is 1. The summed E-state index contributed by atoms with van der Waals surface area (Å²) in [7, 11) is -3.78. The minimum absolute atomic E-state index is 0.0470. The topological polar surface area (TPSA) is 107 Å². The number of hydrogen-bond donors (Lipinski definition) is 2. The van der Waals surface area contributed by atoms with E-state index in [1.807, 2.05) is 6.07 Å². The Bertz CT molecular complexity index is 651. The molecule has 8 heteroatoms. The van der Waals surface area contributed by atoms with Crippen molar-refractivity contribution in [3.63, 3.8) is 0 Å². The number of hydrogen-bond acceptors (Lipinski definition) is 5. The Morgan fingerprint density at radius 1 is 1.45 bits per heavy atom. The van der Waals surface area contributed by atoms with Gasteiger partial charge in [0.2, 0.25) is 0 Å². The molecule has 0 saturated heterocycles. The molecule has 6 nitrogen and oxygen atoms in total. The van der Waals surface area contributed by atoms with Crippen LogP contribution < -0.4 is 4.72 Å². The van der Waals surface area contributed by atoms with Gasteiger partial charge in [0.1, 0.15) is 15.2 Å². The van der Waals surface area contributed by atoms with Crippen LogP contribution in [0.15, 0.2) is 16.3 Å². The number of carbonyl (C=O) groups is 1. The number of rotatable bonds is 5. The van der Waals surface area contributed by atoms with Crippen molar-refractivity contribution in [1.29, 1.82) is 5.26 Å². The van der Waals surface area contributed by atoms with Crippen LogP contribution in [0.1, 0.15) is 37.0 Å². The Labute approximate surface area is 121 Å². The van der Waals surface area contributed by atoms with Gasteiger partial charge in [-0.1, -0.05) is 12.8 Å². The third kappa shape index (κ3) is 3.17. The van der Waals surface area contributed by atoms with E-state index in [1.165, 1.54) is 12.1 Å². The molecule has 1 aliphatic rings. The van der Waals surface area contributed by atoms with E-state index >= 15 is 0 Å². The maximum atomic E-state index is 12.3. The molecule has 1 aliphatic carbocycles. The molecule has 0 unspecified atom stereocenters. The Morgan fingerprint density at radius 3 is 2.60 bits per heavy atom. The Hall–Kier alpha value is -1.43. The molecule has 1 saturated carbocycles. The summed E-state index contributed by atoms with van der Waals surface area (Å²) in [4.78, 5) is 11.3. The molecule has 0 amide bonds. The normalized spacial score (nSPS) is 17.8. The van der Waals surface area contributed by atoms with E-state index in [9.17, 15) is 13.2 Å². The van der Waals surface area contributed by atoms with Crippen molar-refractivity contribution in [3.8, 4) is 6.07 Å². The van der Waals surface area contributed by atoms with Gasteiger partial charge in [0, 0.05) is 5.54 Å². The summed E-state index contributed by atoms with van der Waals surface area (Å²) < 4.78 is 27.2. The summed E-state index contributed by atoms with van der Waals surface area (Å²) >= 11 is 0.882. The van der Waals surface area contributed by atoms with Gasteiger partial charge in [-0.25, -0.2) is 13.1 Å². The van der Waals surface area contributed by atoms with Crippen LogP contribution in [0.3, 0.4) is 0 Å². The lowest BCUT2D eigenvalue weighted by atomic mass is 9.95. The van der Waals surface area contributed by atoms with Crippen LogP contribution >= 0.6 is 11.3 Å². The van der Waals surface area contributed by atoms with Gasteiger partial charge in [0.25, 0.3) is 10.0 Å². The van der Waals surface area contributed by atoms with Crippen molar-refractivity contribution in [2.45, 2.75) is 41.9 Å². The molecule has 108 valence electrons. The van der Waals surface area contributed by atoms with E-state index in [1.54, 1.807) is 0 Å². The van der Waals surface area contributed by atoms with Gasteiger partial charge >= 0.3 is 5.97 Å². The van der Waals surface area contributed by atoms with Crippen molar-refractivity contribution < 1.29 is 18.3 Å². The summed E-state index contributed by atoms with van der Waals surface area (Å²) in [6, 6.07) is 4.70. The molecular formula is C12H14N2O4S2. The molecule has 0 bridgehead atoms. The Morgan fingerprint density at radius 2 is 2.10 bits per heavy atom. The zero-order valence-electron chi connectivity index (χ0n) is 10.6. The molecule has 0 spiro atoms. The second kappa shape index (κ2) is 5.52. The minimum Gasteiger partial charge on any atom is -0.481 e. The van der Waals surface area contributed by atoms with Crippen LogP contribution in [0.5, 0.6) is 0 Å². The monoisotopic (exact) mass is 314 g/mol. The second-order valence-corrected chi connectivity index (χ2v) is 7.89. The van der Waals surface area contributed by atoms with Crippen LogP contribution in [0, 0.1) is 11.3 Å². The number of carboxylic acid groups (broad SMARTS) is 1. The van der Waals surface area contributed by atoms with Crippen LogP contribution in [0.2, 0.25) is 0 Å². The molecule has 1 fully saturated rings. The lowest BCUT2D eigenvalue weighted by Gasteiger charge is -2.27. The SMILES string of the molecule is N#Cc1ccc(S(=O)(=O)NC2(CC(=O)O)CCCC2)s1. The van der Waals surface area contributed by atoms with Gasteiger partial charge in [-0.15, -0.1) is 11.3 Å². The largest absolute Gasteiger partial charge is 0.481 e. The van der Waals surface area contributed by atoms with Gasteiger partial charge < -0.3 is 5.11 Å². The summed E-state index contributed by atoms with van der Waals surface area (Å²) in [6.45, 7) is 0. The number of carboxylic acids is 1. The second-order valence-electron chi connectivity index (χ2n) is 4.89. The fourth-order valence-electron chi connectivity index (χ4n) is 2.52. The smallest absolute Gasteiger partial charge is 0.305 e.